The molecule has 3 aromatic carbocycles. The molecule has 3 saturated heterocycles. The molecule has 37 heavy (non-hydrogen) atoms. The van der Waals surface area contributed by atoms with E-state index in [0.29, 0.717) is 16.6 Å². The van der Waals surface area contributed by atoms with Gasteiger partial charge in [-0.05, 0) is 35.4 Å². The highest BCUT2D eigenvalue weighted by Gasteiger charge is 2.48. The van der Waals surface area contributed by atoms with Gasteiger partial charge in [-0.2, -0.15) is 0 Å². The number of hydrogen-bond acceptors (Lipinski definition) is 4. The molecule has 7 rings (SSSR count). The predicted molar refractivity (Wildman–Crippen MR) is 139 cm³/mol. The van der Waals surface area contributed by atoms with E-state index in [1.54, 1.807) is 0 Å². The van der Waals surface area contributed by atoms with Crippen LogP contribution < -0.4 is 21.7 Å². The van der Waals surface area contributed by atoms with Crippen molar-refractivity contribution in [2.45, 2.75) is 31.1 Å². The van der Waals surface area contributed by atoms with Crippen LogP contribution in [0.5, 0.6) is 5.75 Å². The van der Waals surface area contributed by atoms with E-state index < -0.39 is 5.60 Å². The number of nitrogens with zero attached hydrogens (tertiary/aromatic N) is 2. The fraction of sp³-hybridized carbons (Fsp3) is 0.300. The average molecular weight is 582 g/mol. The maximum Gasteiger partial charge on any atom is 0.191 e. The highest BCUT2D eigenvalue weighted by atomic mass is 79.9. The van der Waals surface area contributed by atoms with E-state index in [9.17, 15) is 5.11 Å². The molecule has 0 unspecified atom stereocenters. The lowest BCUT2D eigenvalue weighted by molar-refractivity contribution is -0.959. The van der Waals surface area contributed by atoms with Gasteiger partial charge in [-0.1, -0.05) is 77.4 Å². The molecule has 7 heteroatoms. The van der Waals surface area contributed by atoms with Crippen LogP contribution in [0.25, 0.3) is 0 Å². The number of fused-ring (bicyclic) bond motifs is 3. The summed E-state index contributed by atoms with van der Waals surface area (Å²) in [4.78, 5) is 0. The quantitative estimate of drug-likeness (QED) is 0.341. The Morgan fingerprint density at radius 3 is 2.11 bits per heavy atom. The van der Waals surface area contributed by atoms with Crippen molar-refractivity contribution in [3.63, 3.8) is 0 Å². The Bertz CT molecular complexity index is 1270. The fourth-order valence-electron chi connectivity index (χ4n) is 5.97. The first-order valence-corrected chi connectivity index (χ1v) is 13.0. The van der Waals surface area contributed by atoms with Crippen LogP contribution in [-0.4, -0.2) is 40.5 Å². The molecule has 0 spiro atoms. The molecule has 1 N–H and O–H groups in total. The van der Waals surface area contributed by atoms with E-state index in [4.69, 9.17) is 20.9 Å². The zero-order valence-electron chi connectivity index (χ0n) is 20.5. The molecule has 1 atom stereocenters. The van der Waals surface area contributed by atoms with Crippen LogP contribution in [0, 0.1) is 5.92 Å². The number of aliphatic hydroxyl groups is 1. The van der Waals surface area contributed by atoms with Gasteiger partial charge in [-0.3, -0.25) is 0 Å². The highest BCUT2D eigenvalue weighted by Crippen LogP contribution is 2.40. The third-order valence-electron chi connectivity index (χ3n) is 7.95. The smallest absolute Gasteiger partial charge is 0.191 e. The lowest BCUT2D eigenvalue weighted by atomic mass is 9.82. The van der Waals surface area contributed by atoms with E-state index in [0.717, 1.165) is 66.1 Å². The monoisotopic (exact) mass is 580 g/mol. The fourth-order valence-corrected chi connectivity index (χ4v) is 6.10. The standard InChI is InChI=1S/C30H30ClN2O3.BrH/c31-25-11-13-26(14-12-25)35-28-21-33(17-15-22(28)16-18-33)20-27-19-29(32-36-27)30(34,23-7-3-1-4-8-23)24-9-5-2-6-10-24;/h1-14,19,22,28,34H,15-18,20-21H2;1H/q+1;/p-1/t22?,28-,33?;/m0./s1. The maximum absolute atomic E-state index is 12.0. The normalized spacial score (nSPS) is 22.9. The summed E-state index contributed by atoms with van der Waals surface area (Å²) in [5.74, 6) is 2.24. The van der Waals surface area contributed by atoms with Gasteiger partial charge in [0, 0.05) is 29.8 Å². The van der Waals surface area contributed by atoms with Crippen molar-refractivity contribution in [3.05, 3.63) is 119 Å². The van der Waals surface area contributed by atoms with Crippen LogP contribution in [0.15, 0.2) is 95.5 Å². The van der Waals surface area contributed by atoms with Gasteiger partial charge in [0.1, 0.15) is 24.5 Å². The SMILES string of the molecule is OC(c1ccccc1)(c1ccccc1)c1cc(C[N+]23CCC(CC2)[C@@H](Oc2ccc(Cl)cc2)C3)on1.[Br-]. The molecule has 0 radical (unpaired) electrons. The molecular weight excluding hydrogens is 552 g/mol. The van der Waals surface area contributed by atoms with Gasteiger partial charge in [0.25, 0.3) is 0 Å². The van der Waals surface area contributed by atoms with Crippen LogP contribution in [0.2, 0.25) is 5.02 Å². The molecule has 5 nitrogen and oxygen atoms in total. The number of piperidine rings is 3. The van der Waals surface area contributed by atoms with Crippen LogP contribution >= 0.6 is 11.6 Å². The van der Waals surface area contributed by atoms with Crippen LogP contribution in [0.4, 0.5) is 0 Å². The van der Waals surface area contributed by atoms with Crippen molar-refractivity contribution in [1.82, 2.24) is 5.16 Å². The largest absolute Gasteiger partial charge is 1.00 e. The number of halogens is 2. The molecule has 4 aromatic rings. The van der Waals surface area contributed by atoms with Crippen LogP contribution in [0.1, 0.15) is 35.4 Å². The summed E-state index contributed by atoms with van der Waals surface area (Å²) < 4.78 is 13.2. The number of hydrogen-bond donors (Lipinski definition) is 1. The first kappa shape index (κ1) is 26.0. The Kier molecular flexibility index (Phi) is 7.46. The molecule has 4 heterocycles. The predicted octanol–water partition coefficient (Wildman–Crippen LogP) is 2.80. The van der Waals surface area contributed by atoms with Gasteiger partial charge < -0.3 is 35.8 Å². The Balaban J connectivity index is 0.00000280. The van der Waals surface area contributed by atoms with Crippen LogP contribution in [-0.2, 0) is 12.1 Å². The first-order chi connectivity index (χ1) is 17.5. The Morgan fingerprint density at radius 2 is 1.51 bits per heavy atom. The summed E-state index contributed by atoms with van der Waals surface area (Å²) in [6, 6.07) is 28.9. The van der Waals surface area contributed by atoms with E-state index in [1.807, 2.05) is 91.0 Å². The maximum atomic E-state index is 12.0. The minimum absolute atomic E-state index is 0. The minimum Gasteiger partial charge on any atom is -1.00 e. The third kappa shape index (κ3) is 5.08. The second kappa shape index (κ2) is 10.6. The molecule has 3 aliphatic rings. The number of aromatic nitrogens is 1. The number of ether oxygens (including phenoxy) is 1. The summed E-state index contributed by atoms with van der Waals surface area (Å²) in [5, 5.41) is 17.2. The molecule has 0 amide bonds. The zero-order valence-corrected chi connectivity index (χ0v) is 22.8. The molecule has 3 aliphatic heterocycles. The molecule has 0 saturated carbocycles. The van der Waals surface area contributed by atoms with Gasteiger partial charge >= 0.3 is 0 Å². The van der Waals surface area contributed by atoms with Crippen molar-refractivity contribution in [2.24, 2.45) is 5.92 Å². The second-order valence-electron chi connectivity index (χ2n) is 10.2. The van der Waals surface area contributed by atoms with Gasteiger partial charge in [-0.15, -0.1) is 0 Å². The van der Waals surface area contributed by atoms with Crippen molar-refractivity contribution in [2.75, 3.05) is 19.6 Å². The number of quaternary nitrogens is 1. The van der Waals surface area contributed by atoms with Crippen LogP contribution in [0.3, 0.4) is 0 Å². The molecule has 192 valence electrons. The van der Waals surface area contributed by atoms with E-state index in [1.165, 1.54) is 0 Å². The van der Waals surface area contributed by atoms with Crippen molar-refractivity contribution < 1.29 is 35.8 Å². The van der Waals surface area contributed by atoms with Crippen molar-refractivity contribution in [3.8, 4) is 5.75 Å². The average Bonchev–Trinajstić information content (AvgIpc) is 3.39. The third-order valence-corrected chi connectivity index (χ3v) is 8.20. The zero-order chi connectivity index (χ0) is 24.6. The van der Waals surface area contributed by atoms with Gasteiger partial charge in [0.2, 0.25) is 0 Å². The minimum atomic E-state index is -1.39. The Morgan fingerprint density at radius 1 is 0.919 bits per heavy atom. The van der Waals surface area contributed by atoms with E-state index >= 15 is 0 Å². The molecule has 1 aromatic heterocycles. The lowest BCUT2D eigenvalue weighted by Crippen LogP contribution is -3.00. The summed E-state index contributed by atoms with van der Waals surface area (Å²) in [5.41, 5.74) is 0.643. The molecule has 3 fully saturated rings. The first-order valence-electron chi connectivity index (χ1n) is 12.6. The number of rotatable bonds is 7. The van der Waals surface area contributed by atoms with Crippen molar-refractivity contribution in [1.29, 1.82) is 0 Å². The Labute approximate surface area is 233 Å². The van der Waals surface area contributed by atoms with Gasteiger partial charge in [0.05, 0.1) is 13.1 Å². The summed E-state index contributed by atoms with van der Waals surface area (Å²) >= 11 is 6.05. The topological polar surface area (TPSA) is 55.5 Å². The van der Waals surface area contributed by atoms with E-state index in [-0.39, 0.29) is 23.1 Å². The van der Waals surface area contributed by atoms with Gasteiger partial charge in [-0.25, -0.2) is 0 Å². The summed E-state index contributed by atoms with van der Waals surface area (Å²) in [7, 11) is 0. The van der Waals surface area contributed by atoms with E-state index in [2.05, 4.69) is 5.16 Å². The highest BCUT2D eigenvalue weighted by molar-refractivity contribution is 6.30. The Hall–Kier alpha value is -2.64. The second-order valence-corrected chi connectivity index (χ2v) is 10.6. The summed E-state index contributed by atoms with van der Waals surface area (Å²) in [6.07, 6.45) is 2.44. The van der Waals surface area contributed by atoms with Crippen molar-refractivity contribution >= 4 is 11.6 Å². The summed E-state index contributed by atoms with van der Waals surface area (Å²) in [6.45, 7) is 3.87. The van der Waals surface area contributed by atoms with Gasteiger partial charge in [0.15, 0.2) is 17.5 Å². The lowest BCUT2D eigenvalue weighted by Gasteiger charge is -2.51. The number of benzene rings is 3. The molecular formula is C30H30BrClN2O3. The molecule has 0 aliphatic carbocycles. The molecule has 2 bridgehead atoms.